The van der Waals surface area contributed by atoms with Gasteiger partial charge in [0.2, 0.25) is 11.9 Å². The summed E-state index contributed by atoms with van der Waals surface area (Å²) in [5.74, 6) is -1.72. The molecule has 34 nitrogen and oxygen atoms in total. The number of nitrogens with two attached hydrogens (primary N) is 3. The number of rotatable bonds is 28. The zero-order valence-electron chi connectivity index (χ0n) is 89.5. The van der Waals surface area contributed by atoms with Gasteiger partial charge in [-0.1, -0.05) is 204 Å². The topological polar surface area (TPSA) is 495 Å². The SMILES string of the molecule is CC(C)(C)[Si](C)(C)Cl.CC(C)(C)[Si](C)(C)O[C@H]1CCOC1=O.COC(=O)[C@H](CCI)O[Si](C)(C)C(C)(C)C.COC(=O)[C@H](CCO)O[Si](C)(C)C(C)(C)C.COC(=O)[C@H](CCONC1=N[C@@H](c2ccc(F)cc2Br)Cc2nc(N)nc(C)c21)O[Si](C)(C)C(C)(C)C.COC(=O)[C@H](CCOS(C)(=O)=O)O[Si](C)(C)C(C)(C)C.Cc1nc(N)nc2c1C(N)=N[C@@H](c1ccc(F)cc1Br)C2.O.O=C1OCC[C@@H]1O. The summed E-state index contributed by atoms with van der Waals surface area (Å²) in [6.45, 7) is 68.2. The largest absolute Gasteiger partial charge is 0.467 e. The molecule has 0 radical (unpaired) electrons. The number of cyclic esters (lactones) is 2. The van der Waals surface area contributed by atoms with Gasteiger partial charge in [0.25, 0.3) is 10.1 Å². The monoisotopic (exact) mass is 2360 g/mol. The summed E-state index contributed by atoms with van der Waals surface area (Å²) in [6, 6.07) is 8.42. The van der Waals surface area contributed by atoms with Crippen LogP contribution in [0.1, 0.15) is 220 Å². The number of amidine groups is 2. The number of aliphatic imine (C=N–C) groups is 2. The predicted octanol–water partition coefficient (Wildman–Crippen LogP) is 18.3. The Morgan fingerprint density at radius 1 is 0.536 bits per heavy atom. The number of hydrogen-bond acceptors (Lipinski definition) is 33. The van der Waals surface area contributed by atoms with Crippen molar-refractivity contribution in [3.05, 3.63) is 102 Å². The van der Waals surface area contributed by atoms with E-state index in [4.69, 9.17) is 89.4 Å². The number of carbonyl (C=O) groups excluding carboxylic acids is 6. The average molecular weight is 2370 g/mol. The molecular formula is C93H164Br2ClF2IN10O24SSi6. The van der Waals surface area contributed by atoms with E-state index < -0.39 is 113 Å². The van der Waals surface area contributed by atoms with Crippen LogP contribution in [-0.2, 0) is 111 Å². The number of carbonyl (C=O) groups is 6. The molecule has 0 unspecified atom stereocenters. The van der Waals surface area contributed by atoms with Crippen molar-refractivity contribution in [3.63, 3.8) is 0 Å². The molecule has 11 N–H and O–H groups in total. The van der Waals surface area contributed by atoms with Gasteiger partial charge in [-0.05, 0) is 151 Å². The van der Waals surface area contributed by atoms with E-state index in [1.807, 2.05) is 26.9 Å². The molecule has 0 bridgehead atoms. The normalized spacial score (nSPS) is 17.2. The number of aryl methyl sites for hydroxylation is 2. The Morgan fingerprint density at radius 3 is 1.17 bits per heavy atom. The van der Waals surface area contributed by atoms with Gasteiger partial charge in [-0.3, -0.25) is 19.0 Å². The minimum absolute atomic E-state index is 0. The molecule has 2 saturated heterocycles. The second kappa shape index (κ2) is 57.3. The fourth-order valence-corrected chi connectivity index (χ4v) is 19.7. The van der Waals surface area contributed by atoms with Gasteiger partial charge < -0.3 is 83.4 Å². The maximum Gasteiger partial charge on any atom is 0.335 e. The highest BCUT2D eigenvalue weighted by atomic mass is 127. The summed E-state index contributed by atoms with van der Waals surface area (Å²) < 4.78 is 114. The fourth-order valence-electron chi connectivity index (χ4n) is 11.1. The summed E-state index contributed by atoms with van der Waals surface area (Å²) in [6.07, 6.45) is 0.843. The Bertz CT molecular complexity index is 4800. The third-order valence-electron chi connectivity index (χ3n) is 25.6. The van der Waals surface area contributed by atoms with E-state index in [-0.39, 0.29) is 117 Å². The third kappa shape index (κ3) is 44.4. The van der Waals surface area contributed by atoms with Gasteiger partial charge in [0.15, 0.2) is 60.9 Å². The summed E-state index contributed by atoms with van der Waals surface area (Å²) in [4.78, 5) is 101. The van der Waals surface area contributed by atoms with Gasteiger partial charge >= 0.3 is 35.8 Å². The van der Waals surface area contributed by atoms with E-state index in [0.717, 1.165) is 45.2 Å². The number of esters is 6. The molecule has 2 fully saturated rings. The van der Waals surface area contributed by atoms with Gasteiger partial charge in [-0.25, -0.2) is 63.0 Å². The number of methoxy groups -OCH3 is 4. The zero-order valence-corrected chi connectivity index (χ0v) is 102. The molecule has 8 atom stereocenters. The Hall–Kier alpha value is -5.35. The summed E-state index contributed by atoms with van der Waals surface area (Å²) in [7, 11) is -9.59. The number of anilines is 2. The van der Waals surface area contributed by atoms with Crippen molar-refractivity contribution in [1.82, 2.24) is 25.4 Å². The molecule has 140 heavy (non-hydrogen) atoms. The van der Waals surface area contributed by atoms with Crippen LogP contribution in [0.3, 0.4) is 0 Å². The number of halogens is 6. The molecule has 4 aromatic rings. The Labute approximate surface area is 872 Å². The van der Waals surface area contributed by atoms with Crippen molar-refractivity contribution in [2.24, 2.45) is 15.7 Å². The van der Waals surface area contributed by atoms with Crippen molar-refractivity contribution >= 4 is 184 Å². The smallest absolute Gasteiger partial charge is 0.335 e. The van der Waals surface area contributed by atoms with E-state index in [9.17, 15) is 46.0 Å². The molecule has 0 spiro atoms. The molecule has 6 heterocycles. The first-order valence-electron chi connectivity index (χ1n) is 46.0. The summed E-state index contributed by atoms with van der Waals surface area (Å²) in [5, 5.41) is 17.9. The maximum atomic E-state index is 13.7. The van der Waals surface area contributed by atoms with Gasteiger partial charge in [-0.2, -0.15) is 19.5 Å². The lowest BCUT2D eigenvalue weighted by Crippen LogP contribution is -2.46. The molecule has 4 aliphatic heterocycles. The van der Waals surface area contributed by atoms with Crippen molar-refractivity contribution in [2.45, 2.75) is 347 Å². The number of alkyl halides is 1. The predicted molar refractivity (Wildman–Crippen MR) is 577 cm³/mol. The molecule has 0 aliphatic carbocycles. The van der Waals surface area contributed by atoms with Crippen LogP contribution < -0.4 is 22.7 Å². The minimum Gasteiger partial charge on any atom is -0.467 e. The first kappa shape index (κ1) is 135. The number of aliphatic hydroxyl groups excluding tert-OH is 2. The van der Waals surface area contributed by atoms with Crippen molar-refractivity contribution in [3.8, 4) is 0 Å². The van der Waals surface area contributed by atoms with Gasteiger partial charge in [0.05, 0.1) is 107 Å². The highest BCUT2D eigenvalue weighted by molar-refractivity contribution is 14.1. The van der Waals surface area contributed by atoms with Crippen LogP contribution in [0.4, 0.5) is 20.7 Å². The summed E-state index contributed by atoms with van der Waals surface area (Å²) in [5.41, 5.74) is 26.5. The first-order valence-corrected chi connectivity index (χ1v) is 69.4. The van der Waals surface area contributed by atoms with Gasteiger partial charge in [0.1, 0.15) is 48.0 Å². The molecule has 802 valence electrons. The van der Waals surface area contributed by atoms with Crippen LogP contribution in [0.5, 0.6) is 0 Å². The molecule has 8 rings (SSSR count). The number of nitrogens with one attached hydrogen (secondary N) is 1. The van der Waals surface area contributed by atoms with Crippen LogP contribution in [0.25, 0.3) is 0 Å². The molecule has 0 saturated carbocycles. The number of fused-ring (bicyclic) bond motifs is 2. The molecular weight excluding hydrogens is 2200 g/mol. The lowest BCUT2D eigenvalue weighted by molar-refractivity contribution is -0.151. The number of benzene rings is 2. The number of nitrogen functional groups attached to an aromatic ring is 2. The standard InChI is InChI=1S/C25H35BrFN5O4Si.C14H13BrFN5.C12H26O6SSi.C11H23IO3Si.C11H24O4Si.C10H20O3Si.C6H15ClSi.C4H6O3.H2O/c1-14-21-19(31-24(28)29-14)13-18(16-9-8-15(27)12-17(16)26)30-22(21)32-35-11-10-20(23(33)34-5)36-37(6,7)25(2,3)4;1-6-12-11(21-14(18)19-6)5-10(20-13(12)17)8-3-2-7(16)4-9(8)15;1-12(2,3)20(6,7)18-10(11(13)16-4)8-9-17-19(5,14)15;2*1-11(2,3)16(5,6)15-9(7-8-12)10(13)14-4;1-10(2,3)14(4,5)13-8-6-7-12-9(8)11;1-6(2,3)8(4,5)7;5-3-1-2-7-4(3)6;/h8-9,12,18,20H,10-11,13H2,1-7H3,(H,30,32)(H2,28,29,31);2-4,10H,5H2,1H3,(H2,17,20)(H2,18,19,21);10H,8-9H2,1-7H3;9H,7-8H2,1-6H3;9,12H,7-8H2,1-6H3;8H,6-7H2,1-5H3;1-5H3;3,5H,1-2H2;1H2/t18-,20+;2*10-;2*9-;8-;;3-;/m110000.0./s1. The fraction of sp³-hybridized carbons (Fsp3) is 0.699. The van der Waals surface area contributed by atoms with Crippen molar-refractivity contribution in [2.75, 3.05) is 83.6 Å². The molecule has 47 heteroatoms. The number of hydroxylamine groups is 1. The van der Waals surface area contributed by atoms with Crippen LogP contribution in [0, 0.1) is 25.5 Å². The third-order valence-corrected chi connectivity index (χ3v) is 55.9. The molecule has 2 aromatic carbocycles. The van der Waals surface area contributed by atoms with Crippen molar-refractivity contribution in [1.29, 1.82) is 0 Å². The van der Waals surface area contributed by atoms with E-state index in [1.54, 1.807) is 12.1 Å². The molecule has 4 aliphatic rings. The van der Waals surface area contributed by atoms with Crippen LogP contribution >= 0.6 is 65.5 Å². The molecule has 0 amide bonds. The van der Waals surface area contributed by atoms with E-state index in [2.05, 4.69) is 289 Å². The van der Waals surface area contributed by atoms with E-state index in [1.165, 1.54) is 52.7 Å². The molecule has 2 aromatic heterocycles. The number of ether oxygens (including phenoxy) is 6. The van der Waals surface area contributed by atoms with Gasteiger partial charge in [-0.15, -0.1) is 0 Å². The van der Waals surface area contributed by atoms with E-state index in [0.29, 0.717) is 87.9 Å². The zero-order chi connectivity index (χ0) is 108. The minimum atomic E-state index is -3.52. The summed E-state index contributed by atoms with van der Waals surface area (Å²) >= 11 is 15.2. The number of aliphatic hydroxyl groups is 2. The number of nitrogens with zero attached hydrogens (tertiary/aromatic N) is 6. The Kier molecular flexibility index (Phi) is 55.1. The lowest BCUT2D eigenvalue weighted by atomic mass is 9.95. The first-order chi connectivity index (χ1) is 63.1. The van der Waals surface area contributed by atoms with E-state index >= 15 is 0 Å². The quantitative estimate of drug-likeness (QED) is 0.00354. The van der Waals surface area contributed by atoms with Crippen LogP contribution in [0.15, 0.2) is 55.3 Å². The van der Waals surface area contributed by atoms with Crippen molar-refractivity contribution < 1.29 is 121 Å². The Balaban J connectivity index is 0.00000165. The second-order valence-electron chi connectivity index (χ2n) is 42.9. The van der Waals surface area contributed by atoms with Crippen LogP contribution in [-0.4, -0.2) is 249 Å². The number of aromatic nitrogens is 4. The lowest BCUT2D eigenvalue weighted by Gasteiger charge is -2.38. The van der Waals surface area contributed by atoms with Crippen LogP contribution in [0.2, 0.25) is 109 Å². The number of hydrogen-bond donors (Lipinski definition) is 6. The highest BCUT2D eigenvalue weighted by Crippen LogP contribution is 2.45. The van der Waals surface area contributed by atoms with Gasteiger partial charge in [0, 0.05) is 64.9 Å². The second-order valence-corrected chi connectivity index (χ2v) is 78.4. The highest BCUT2D eigenvalue weighted by Gasteiger charge is 2.47. The Morgan fingerprint density at radius 2 is 0.871 bits per heavy atom. The maximum absolute atomic E-state index is 13.7. The average Bonchev–Trinajstić information content (AvgIpc) is 0.929.